The van der Waals surface area contributed by atoms with Gasteiger partial charge in [0, 0.05) is 12.5 Å². The third kappa shape index (κ3) is 3.04. The number of hydrogen-bond acceptors (Lipinski definition) is 2. The van der Waals surface area contributed by atoms with Crippen molar-refractivity contribution in [2.75, 3.05) is 7.11 Å². The van der Waals surface area contributed by atoms with Crippen LogP contribution >= 0.6 is 0 Å². The Morgan fingerprint density at radius 1 is 1.03 bits per heavy atom. The van der Waals surface area contributed by atoms with Crippen molar-refractivity contribution in [2.45, 2.75) is 84.7 Å². The number of allylic oxidation sites excluding steroid dienone is 1. The molecule has 5 rings (SSSR count). The summed E-state index contributed by atoms with van der Waals surface area (Å²) in [4.78, 5) is 13.3. The van der Waals surface area contributed by atoms with Crippen molar-refractivity contribution in [1.29, 1.82) is 0 Å². The van der Waals surface area contributed by atoms with Crippen LogP contribution in [0, 0.1) is 34.0 Å². The third-order valence-electron chi connectivity index (χ3n) is 10.8. The molecule has 168 valence electrons. The molecule has 0 N–H and O–H groups in total. The first-order valence-corrected chi connectivity index (χ1v) is 12.6. The fourth-order valence-corrected chi connectivity index (χ4v) is 8.90. The molecule has 2 heteroatoms. The number of fused-ring (bicyclic) bond motifs is 5. The number of methoxy groups -OCH3 is 1. The van der Waals surface area contributed by atoms with Crippen molar-refractivity contribution >= 4 is 5.78 Å². The minimum absolute atomic E-state index is 0.126. The number of ketones is 1. The highest BCUT2D eigenvalue weighted by atomic mass is 16.5. The Balaban J connectivity index is 1.48. The average molecular weight is 421 g/mol. The van der Waals surface area contributed by atoms with Gasteiger partial charge in [-0.25, -0.2) is 0 Å². The largest absolute Gasteiger partial charge is 0.381 e. The van der Waals surface area contributed by atoms with Crippen LogP contribution in [0.25, 0.3) is 0 Å². The van der Waals surface area contributed by atoms with E-state index in [0.717, 1.165) is 31.1 Å². The lowest BCUT2D eigenvalue weighted by atomic mass is 9.45. The molecule has 2 nitrogen and oxygen atoms in total. The molecule has 1 aromatic carbocycles. The van der Waals surface area contributed by atoms with Crippen LogP contribution in [-0.2, 0) is 16.0 Å². The second-order valence-corrected chi connectivity index (χ2v) is 11.7. The van der Waals surface area contributed by atoms with E-state index >= 15 is 0 Å². The molecule has 0 saturated heterocycles. The standard InChI is InChI=1S/C29H40O2/c1-20(30)29(19-21-8-6-5-7-9-21)17-14-26-24-11-10-22-18-23(31-4)12-15-27(22,2)25(24)13-16-28(26,29)3/h5-10,23-26H,11-19H2,1-4H3/t23?,24?,25?,26?,27-,28?,29?/m0/s1. The molecule has 6 unspecified atom stereocenters. The minimum Gasteiger partial charge on any atom is -0.381 e. The van der Waals surface area contributed by atoms with E-state index in [2.05, 4.69) is 50.3 Å². The van der Waals surface area contributed by atoms with Gasteiger partial charge in [0.2, 0.25) is 0 Å². The van der Waals surface area contributed by atoms with Gasteiger partial charge in [-0.2, -0.15) is 0 Å². The summed E-state index contributed by atoms with van der Waals surface area (Å²) in [5.41, 5.74) is 3.29. The maximum absolute atomic E-state index is 13.3. The van der Waals surface area contributed by atoms with Crippen LogP contribution in [0.4, 0.5) is 0 Å². The molecule has 0 aromatic heterocycles. The van der Waals surface area contributed by atoms with Crippen molar-refractivity contribution in [3.63, 3.8) is 0 Å². The zero-order valence-electron chi connectivity index (χ0n) is 20.0. The normalized spacial score (nSPS) is 44.1. The average Bonchev–Trinajstić information content (AvgIpc) is 3.07. The van der Waals surface area contributed by atoms with Gasteiger partial charge in [-0.15, -0.1) is 0 Å². The summed E-state index contributed by atoms with van der Waals surface area (Å²) in [5.74, 6) is 2.62. The Morgan fingerprint density at radius 3 is 2.48 bits per heavy atom. The van der Waals surface area contributed by atoms with Crippen LogP contribution in [0.5, 0.6) is 0 Å². The molecule has 0 heterocycles. The Labute approximate surface area is 188 Å². The first-order valence-electron chi connectivity index (χ1n) is 12.6. The maximum Gasteiger partial charge on any atom is 0.136 e. The molecule has 31 heavy (non-hydrogen) atoms. The van der Waals surface area contributed by atoms with E-state index in [1.165, 1.54) is 44.1 Å². The SMILES string of the molecule is COC1CC[C@@]2(C)C(=CCC3C4CCC(Cc5ccccc5)(C(C)=O)C4(C)CCC32)C1. The number of benzene rings is 1. The van der Waals surface area contributed by atoms with Gasteiger partial charge in [0.1, 0.15) is 5.78 Å². The Morgan fingerprint density at radius 2 is 1.77 bits per heavy atom. The van der Waals surface area contributed by atoms with Gasteiger partial charge in [-0.3, -0.25) is 4.79 Å². The quantitative estimate of drug-likeness (QED) is 0.502. The van der Waals surface area contributed by atoms with E-state index in [-0.39, 0.29) is 10.8 Å². The molecule has 3 fully saturated rings. The summed E-state index contributed by atoms with van der Waals surface area (Å²) in [6.45, 7) is 6.94. The van der Waals surface area contributed by atoms with Gasteiger partial charge in [-0.1, -0.05) is 55.8 Å². The lowest BCUT2D eigenvalue weighted by Crippen LogP contribution is -2.54. The lowest BCUT2D eigenvalue weighted by Gasteiger charge is -2.59. The summed E-state index contributed by atoms with van der Waals surface area (Å²) in [5, 5.41) is 0. The predicted molar refractivity (Wildman–Crippen MR) is 126 cm³/mol. The Bertz CT molecular complexity index is 872. The van der Waals surface area contributed by atoms with Crippen LogP contribution in [0.2, 0.25) is 0 Å². The van der Waals surface area contributed by atoms with Crippen LogP contribution in [0.15, 0.2) is 42.0 Å². The van der Waals surface area contributed by atoms with E-state index in [9.17, 15) is 4.79 Å². The van der Waals surface area contributed by atoms with Crippen molar-refractivity contribution in [2.24, 2.45) is 34.0 Å². The topological polar surface area (TPSA) is 26.3 Å². The predicted octanol–water partition coefficient (Wildman–Crippen LogP) is 6.78. The van der Waals surface area contributed by atoms with Crippen LogP contribution in [-0.4, -0.2) is 19.0 Å². The molecule has 0 aliphatic heterocycles. The third-order valence-corrected chi connectivity index (χ3v) is 10.8. The van der Waals surface area contributed by atoms with Crippen LogP contribution < -0.4 is 0 Å². The van der Waals surface area contributed by atoms with E-state index < -0.39 is 0 Å². The highest BCUT2D eigenvalue weighted by molar-refractivity contribution is 5.84. The molecule has 0 amide bonds. The van der Waals surface area contributed by atoms with Crippen molar-refractivity contribution in [1.82, 2.24) is 0 Å². The summed E-state index contributed by atoms with van der Waals surface area (Å²) >= 11 is 0. The number of rotatable bonds is 4. The highest BCUT2D eigenvalue weighted by Crippen LogP contribution is 2.70. The second kappa shape index (κ2) is 7.58. The van der Waals surface area contributed by atoms with Gasteiger partial charge in [-0.05, 0) is 98.9 Å². The van der Waals surface area contributed by atoms with Crippen LogP contribution in [0.3, 0.4) is 0 Å². The molecule has 0 bridgehead atoms. The lowest BCUT2D eigenvalue weighted by molar-refractivity contribution is -0.140. The first-order chi connectivity index (χ1) is 14.8. The molecule has 0 spiro atoms. The Kier molecular flexibility index (Phi) is 5.24. The van der Waals surface area contributed by atoms with Gasteiger partial charge in [0.05, 0.1) is 6.10 Å². The number of carbonyl (C=O) groups excluding carboxylic acids is 1. The van der Waals surface area contributed by atoms with Gasteiger partial charge in [0.25, 0.3) is 0 Å². The van der Waals surface area contributed by atoms with E-state index in [1.807, 2.05) is 14.0 Å². The van der Waals surface area contributed by atoms with Crippen molar-refractivity contribution < 1.29 is 9.53 Å². The molecule has 4 aliphatic rings. The van der Waals surface area contributed by atoms with Crippen LogP contribution in [0.1, 0.15) is 77.7 Å². The number of hydrogen-bond donors (Lipinski definition) is 0. The molecule has 0 radical (unpaired) electrons. The molecule has 7 atom stereocenters. The van der Waals surface area contributed by atoms with E-state index in [4.69, 9.17) is 4.74 Å². The van der Waals surface area contributed by atoms with E-state index in [0.29, 0.717) is 23.2 Å². The molecular weight excluding hydrogens is 380 g/mol. The van der Waals surface area contributed by atoms with Gasteiger partial charge >= 0.3 is 0 Å². The van der Waals surface area contributed by atoms with E-state index in [1.54, 1.807) is 5.57 Å². The summed E-state index contributed by atoms with van der Waals surface area (Å²) < 4.78 is 5.74. The summed E-state index contributed by atoms with van der Waals surface area (Å²) in [6, 6.07) is 10.8. The fraction of sp³-hybridized carbons (Fsp3) is 0.690. The maximum atomic E-state index is 13.3. The first kappa shape index (κ1) is 21.4. The van der Waals surface area contributed by atoms with Crippen molar-refractivity contribution in [3.05, 3.63) is 47.5 Å². The zero-order chi connectivity index (χ0) is 21.9. The molecule has 3 saturated carbocycles. The number of ether oxygens (including phenoxy) is 1. The smallest absolute Gasteiger partial charge is 0.136 e. The second-order valence-electron chi connectivity index (χ2n) is 11.7. The van der Waals surface area contributed by atoms with Crippen molar-refractivity contribution in [3.8, 4) is 0 Å². The molecular formula is C29H40O2. The zero-order valence-corrected chi connectivity index (χ0v) is 20.0. The Hall–Kier alpha value is -1.41. The van der Waals surface area contributed by atoms with Gasteiger partial charge < -0.3 is 4.74 Å². The minimum atomic E-state index is -0.192. The highest BCUT2D eigenvalue weighted by Gasteiger charge is 2.65. The number of carbonyl (C=O) groups is 1. The summed E-state index contributed by atoms with van der Waals surface area (Å²) in [7, 11) is 1.87. The molecule has 1 aromatic rings. The molecule has 4 aliphatic carbocycles. The number of Topliss-reactive ketones (excluding diaryl/α,β-unsaturated/α-hetero) is 1. The monoisotopic (exact) mass is 420 g/mol. The summed E-state index contributed by atoms with van der Waals surface area (Å²) in [6.07, 6.45) is 13.5. The fourth-order valence-electron chi connectivity index (χ4n) is 8.90. The van der Waals surface area contributed by atoms with Gasteiger partial charge in [0.15, 0.2) is 0 Å².